The average molecular weight is 404 g/mol. The summed E-state index contributed by atoms with van der Waals surface area (Å²) in [4.78, 5) is 0.317. The highest BCUT2D eigenvalue weighted by molar-refractivity contribution is 7.91. The zero-order valence-electron chi connectivity index (χ0n) is 16.1. The molecule has 28 heavy (non-hydrogen) atoms. The molecule has 2 fully saturated rings. The Balaban J connectivity index is 1.40. The van der Waals surface area contributed by atoms with Gasteiger partial charge in [0.1, 0.15) is 23.6 Å². The van der Waals surface area contributed by atoms with Crippen LogP contribution < -0.4 is 4.74 Å². The van der Waals surface area contributed by atoms with Crippen LogP contribution in [0.4, 0.5) is 0 Å². The molecule has 0 saturated carbocycles. The highest BCUT2D eigenvalue weighted by atomic mass is 32.2. The van der Waals surface area contributed by atoms with Crippen molar-refractivity contribution in [2.45, 2.75) is 42.8 Å². The molecule has 6 nitrogen and oxygen atoms in total. The van der Waals surface area contributed by atoms with E-state index in [1.165, 1.54) is 0 Å². The normalized spacial score (nSPS) is 29.6. The highest BCUT2D eigenvalue weighted by Gasteiger charge is 2.58. The first-order valence-corrected chi connectivity index (χ1v) is 10.8. The molecule has 2 aliphatic rings. The first-order chi connectivity index (χ1) is 13.3. The van der Waals surface area contributed by atoms with Crippen molar-refractivity contribution in [2.24, 2.45) is 0 Å². The Hall–Kier alpha value is -1.93. The summed E-state index contributed by atoms with van der Waals surface area (Å²) in [6.45, 7) is 4.17. The number of ether oxygens (including phenoxy) is 4. The molecule has 0 spiro atoms. The molecule has 2 aromatic carbocycles. The van der Waals surface area contributed by atoms with Crippen LogP contribution in [0, 0.1) is 6.92 Å². The van der Waals surface area contributed by atoms with Gasteiger partial charge in [0.05, 0.1) is 24.4 Å². The number of hydrogen-bond donors (Lipinski definition) is 0. The van der Waals surface area contributed by atoms with Crippen molar-refractivity contribution in [3.8, 4) is 5.75 Å². The molecule has 4 rings (SSSR count). The molecule has 0 radical (unpaired) electrons. The van der Waals surface area contributed by atoms with Gasteiger partial charge in [0.25, 0.3) is 0 Å². The Labute approximate surface area is 165 Å². The van der Waals surface area contributed by atoms with Gasteiger partial charge in [-0.15, -0.1) is 0 Å². The van der Waals surface area contributed by atoms with E-state index in [0.717, 1.165) is 16.9 Å². The van der Waals surface area contributed by atoms with E-state index in [2.05, 4.69) is 0 Å². The second kappa shape index (κ2) is 7.15. The monoisotopic (exact) mass is 404 g/mol. The standard InChI is InChI=1S/C21H24O6S/c1-14-4-10-17(11-5-14)28(22,23)12-18-19(26-18)21(2)13-25-20(27-21)15-6-8-16(24-3)9-7-15/h4-11,18-20H,12-13H2,1-3H3/t18-,19-,20?,21+/m1/s1. The van der Waals surface area contributed by atoms with E-state index in [-0.39, 0.29) is 11.9 Å². The lowest BCUT2D eigenvalue weighted by Gasteiger charge is -2.20. The predicted octanol–water partition coefficient (Wildman–Crippen LogP) is 3.05. The summed E-state index contributed by atoms with van der Waals surface area (Å²) in [6, 6.07) is 14.4. The van der Waals surface area contributed by atoms with Crippen molar-refractivity contribution in [3.05, 3.63) is 59.7 Å². The molecule has 0 aromatic heterocycles. The lowest BCUT2D eigenvalue weighted by atomic mass is 10.0. The molecule has 2 saturated heterocycles. The summed E-state index contributed by atoms with van der Waals surface area (Å²) in [5.41, 5.74) is 1.22. The van der Waals surface area contributed by atoms with Gasteiger partial charge in [0, 0.05) is 5.56 Å². The van der Waals surface area contributed by atoms with Crippen LogP contribution in [0.1, 0.15) is 24.3 Å². The van der Waals surface area contributed by atoms with Crippen LogP contribution in [0.2, 0.25) is 0 Å². The summed E-state index contributed by atoms with van der Waals surface area (Å²) < 4.78 is 48.1. The van der Waals surface area contributed by atoms with Gasteiger partial charge in [0.2, 0.25) is 0 Å². The maximum atomic E-state index is 12.6. The third-order valence-electron chi connectivity index (χ3n) is 5.23. The minimum atomic E-state index is -3.41. The van der Waals surface area contributed by atoms with E-state index < -0.39 is 27.8 Å². The van der Waals surface area contributed by atoms with Crippen LogP contribution in [0.5, 0.6) is 5.75 Å². The summed E-state index contributed by atoms with van der Waals surface area (Å²) in [5.74, 6) is 0.698. The molecule has 0 amide bonds. The van der Waals surface area contributed by atoms with Crippen molar-refractivity contribution in [3.63, 3.8) is 0 Å². The first-order valence-electron chi connectivity index (χ1n) is 9.19. The number of rotatable bonds is 6. The molecule has 0 N–H and O–H groups in total. The topological polar surface area (TPSA) is 74.4 Å². The second-order valence-electron chi connectivity index (χ2n) is 7.54. The van der Waals surface area contributed by atoms with Crippen LogP contribution in [-0.4, -0.2) is 45.7 Å². The first kappa shape index (κ1) is 19.4. The van der Waals surface area contributed by atoms with Crippen LogP contribution in [0.3, 0.4) is 0 Å². The molecule has 0 bridgehead atoms. The second-order valence-corrected chi connectivity index (χ2v) is 9.57. The van der Waals surface area contributed by atoms with Crippen LogP contribution in [-0.2, 0) is 24.0 Å². The Bertz CT molecular complexity index is 938. The zero-order chi connectivity index (χ0) is 19.9. The number of sulfone groups is 1. The quantitative estimate of drug-likeness (QED) is 0.689. The molecule has 7 heteroatoms. The molecule has 2 aliphatic heterocycles. The van der Waals surface area contributed by atoms with Crippen molar-refractivity contribution in [2.75, 3.05) is 19.5 Å². The molecule has 2 aromatic rings. The summed E-state index contributed by atoms with van der Waals surface area (Å²) in [5, 5.41) is 0. The van der Waals surface area contributed by atoms with Gasteiger partial charge in [-0.1, -0.05) is 29.8 Å². The summed E-state index contributed by atoms with van der Waals surface area (Å²) in [7, 11) is -1.80. The van der Waals surface area contributed by atoms with Crippen molar-refractivity contribution in [1.82, 2.24) is 0 Å². The molecule has 4 atom stereocenters. The number of epoxide rings is 1. The number of aryl methyl sites for hydroxylation is 1. The predicted molar refractivity (Wildman–Crippen MR) is 103 cm³/mol. The third-order valence-corrected chi connectivity index (χ3v) is 6.99. The Morgan fingerprint density at radius 3 is 2.43 bits per heavy atom. The Kier molecular flexibility index (Phi) is 4.95. The van der Waals surface area contributed by atoms with Crippen molar-refractivity contribution < 1.29 is 27.4 Å². The van der Waals surface area contributed by atoms with Gasteiger partial charge >= 0.3 is 0 Å². The fraction of sp³-hybridized carbons (Fsp3) is 0.429. The molecular formula is C21H24O6S. The smallest absolute Gasteiger partial charge is 0.184 e. The lowest BCUT2D eigenvalue weighted by molar-refractivity contribution is -0.0935. The average Bonchev–Trinajstić information content (AvgIpc) is 3.33. The minimum Gasteiger partial charge on any atom is -0.497 e. The molecule has 150 valence electrons. The summed E-state index contributed by atoms with van der Waals surface area (Å²) in [6.07, 6.45) is -1.21. The van der Waals surface area contributed by atoms with Crippen molar-refractivity contribution in [1.29, 1.82) is 0 Å². The minimum absolute atomic E-state index is 0.0626. The number of hydrogen-bond acceptors (Lipinski definition) is 6. The van der Waals surface area contributed by atoms with E-state index in [0.29, 0.717) is 11.5 Å². The molecule has 0 aliphatic carbocycles. The molecule has 1 unspecified atom stereocenters. The number of benzene rings is 2. The highest BCUT2D eigenvalue weighted by Crippen LogP contribution is 2.44. The molecule has 2 heterocycles. The van der Waals surface area contributed by atoms with Gasteiger partial charge in [-0.3, -0.25) is 0 Å². The SMILES string of the molecule is COc1ccc(C2OC[C@@](C)([C@@H]3O[C@@H]3CS(=O)(=O)c3ccc(C)cc3)O2)cc1. The number of methoxy groups -OCH3 is 1. The van der Waals surface area contributed by atoms with E-state index in [9.17, 15) is 8.42 Å². The Morgan fingerprint density at radius 2 is 1.79 bits per heavy atom. The maximum Gasteiger partial charge on any atom is 0.184 e. The largest absolute Gasteiger partial charge is 0.497 e. The van der Waals surface area contributed by atoms with Gasteiger partial charge in [0.15, 0.2) is 16.1 Å². The van der Waals surface area contributed by atoms with Gasteiger partial charge < -0.3 is 18.9 Å². The van der Waals surface area contributed by atoms with Crippen LogP contribution >= 0.6 is 0 Å². The van der Waals surface area contributed by atoms with E-state index in [4.69, 9.17) is 18.9 Å². The van der Waals surface area contributed by atoms with Crippen LogP contribution in [0.15, 0.2) is 53.4 Å². The van der Waals surface area contributed by atoms with E-state index in [1.807, 2.05) is 38.1 Å². The van der Waals surface area contributed by atoms with E-state index >= 15 is 0 Å². The van der Waals surface area contributed by atoms with Gasteiger partial charge in [-0.2, -0.15) is 0 Å². The van der Waals surface area contributed by atoms with Gasteiger partial charge in [-0.25, -0.2) is 8.42 Å². The van der Waals surface area contributed by atoms with Gasteiger partial charge in [-0.05, 0) is 38.1 Å². The van der Waals surface area contributed by atoms with Crippen molar-refractivity contribution >= 4 is 9.84 Å². The Morgan fingerprint density at radius 1 is 1.11 bits per heavy atom. The lowest BCUT2D eigenvalue weighted by Crippen LogP contribution is -2.36. The zero-order valence-corrected chi connectivity index (χ0v) is 16.9. The van der Waals surface area contributed by atoms with E-state index in [1.54, 1.807) is 31.4 Å². The maximum absolute atomic E-state index is 12.6. The fourth-order valence-corrected chi connectivity index (χ4v) is 4.92. The summed E-state index contributed by atoms with van der Waals surface area (Å²) >= 11 is 0. The van der Waals surface area contributed by atoms with Crippen LogP contribution in [0.25, 0.3) is 0 Å². The third kappa shape index (κ3) is 3.80. The fourth-order valence-electron chi connectivity index (χ4n) is 3.49. The molecular weight excluding hydrogens is 380 g/mol.